The molecule has 1 fully saturated rings. The first-order valence-corrected chi connectivity index (χ1v) is 5.93. The molecule has 102 valence electrons. The number of carboxylic acids is 1. The monoisotopic (exact) mass is 269 g/mol. The van der Waals surface area contributed by atoms with Crippen LogP contribution in [0.25, 0.3) is 0 Å². The SMILES string of the molecule is O=C(O)C[C@H]1CCC(=O)N1Cc1cccc(F)c1F. The average molecular weight is 269 g/mol. The van der Waals surface area contributed by atoms with Gasteiger partial charge in [0.05, 0.1) is 6.42 Å². The summed E-state index contributed by atoms with van der Waals surface area (Å²) in [5.74, 6) is -3.20. The van der Waals surface area contributed by atoms with Gasteiger partial charge in [-0.25, -0.2) is 8.78 Å². The summed E-state index contributed by atoms with van der Waals surface area (Å²) in [5, 5.41) is 8.77. The Morgan fingerprint density at radius 3 is 2.84 bits per heavy atom. The zero-order valence-electron chi connectivity index (χ0n) is 10.1. The van der Waals surface area contributed by atoms with Crippen LogP contribution in [0.4, 0.5) is 8.78 Å². The Labute approximate surface area is 108 Å². The van der Waals surface area contributed by atoms with Crippen LogP contribution in [0.5, 0.6) is 0 Å². The van der Waals surface area contributed by atoms with Crippen molar-refractivity contribution in [1.29, 1.82) is 0 Å². The quantitative estimate of drug-likeness (QED) is 0.908. The molecule has 1 heterocycles. The lowest BCUT2D eigenvalue weighted by Gasteiger charge is -2.23. The van der Waals surface area contributed by atoms with Gasteiger partial charge in [-0.15, -0.1) is 0 Å². The largest absolute Gasteiger partial charge is 0.481 e. The number of carbonyl (C=O) groups excluding carboxylic acids is 1. The predicted molar refractivity (Wildman–Crippen MR) is 62.2 cm³/mol. The second kappa shape index (κ2) is 5.34. The minimum atomic E-state index is -1.01. The van der Waals surface area contributed by atoms with Gasteiger partial charge in [0.15, 0.2) is 11.6 Å². The molecule has 0 unspecified atom stereocenters. The van der Waals surface area contributed by atoms with Crippen molar-refractivity contribution in [2.45, 2.75) is 31.8 Å². The predicted octanol–water partition coefficient (Wildman–Crippen LogP) is 1.93. The third-order valence-corrected chi connectivity index (χ3v) is 3.24. The molecule has 0 saturated carbocycles. The number of likely N-dealkylation sites (tertiary alicyclic amines) is 1. The topological polar surface area (TPSA) is 57.6 Å². The Morgan fingerprint density at radius 1 is 1.42 bits per heavy atom. The van der Waals surface area contributed by atoms with Crippen molar-refractivity contribution in [1.82, 2.24) is 4.90 Å². The molecular formula is C13H13F2NO3. The van der Waals surface area contributed by atoms with Crippen molar-refractivity contribution in [3.63, 3.8) is 0 Å². The van der Waals surface area contributed by atoms with Crippen LogP contribution < -0.4 is 0 Å². The van der Waals surface area contributed by atoms with E-state index in [4.69, 9.17) is 5.11 Å². The van der Waals surface area contributed by atoms with Crippen LogP contribution in [0.1, 0.15) is 24.8 Å². The number of aliphatic carboxylic acids is 1. The molecule has 2 rings (SSSR count). The van der Waals surface area contributed by atoms with Crippen LogP contribution in [-0.4, -0.2) is 27.9 Å². The summed E-state index contributed by atoms with van der Waals surface area (Å²) >= 11 is 0. The van der Waals surface area contributed by atoms with Crippen molar-refractivity contribution >= 4 is 11.9 Å². The Bertz CT molecular complexity index is 519. The van der Waals surface area contributed by atoms with Gasteiger partial charge in [-0.05, 0) is 12.5 Å². The molecule has 0 aromatic heterocycles. The maximum Gasteiger partial charge on any atom is 0.305 e. The second-order valence-corrected chi connectivity index (χ2v) is 4.52. The number of halogens is 2. The number of nitrogens with zero attached hydrogens (tertiary/aromatic N) is 1. The highest BCUT2D eigenvalue weighted by Crippen LogP contribution is 2.25. The van der Waals surface area contributed by atoms with E-state index < -0.39 is 23.6 Å². The van der Waals surface area contributed by atoms with Gasteiger partial charge in [-0.1, -0.05) is 12.1 Å². The van der Waals surface area contributed by atoms with Crippen LogP contribution in [0.15, 0.2) is 18.2 Å². The maximum atomic E-state index is 13.5. The number of hydrogen-bond acceptors (Lipinski definition) is 2. The first-order valence-electron chi connectivity index (χ1n) is 5.93. The Balaban J connectivity index is 2.17. The number of carboxylic acid groups (broad SMARTS) is 1. The highest BCUT2D eigenvalue weighted by Gasteiger charge is 2.32. The number of carbonyl (C=O) groups is 2. The summed E-state index contributed by atoms with van der Waals surface area (Å²) in [6.07, 6.45) is 0.500. The fraction of sp³-hybridized carbons (Fsp3) is 0.385. The van der Waals surface area contributed by atoms with Crippen molar-refractivity contribution in [2.24, 2.45) is 0 Å². The maximum absolute atomic E-state index is 13.5. The Hall–Kier alpha value is -1.98. The average Bonchev–Trinajstić information content (AvgIpc) is 2.67. The minimum Gasteiger partial charge on any atom is -0.481 e. The molecule has 1 saturated heterocycles. The lowest BCUT2D eigenvalue weighted by atomic mass is 10.1. The molecule has 0 spiro atoms. The molecular weight excluding hydrogens is 256 g/mol. The molecule has 4 nitrogen and oxygen atoms in total. The summed E-state index contributed by atoms with van der Waals surface area (Å²) in [6.45, 7) is -0.0969. The van der Waals surface area contributed by atoms with Gasteiger partial charge in [0.25, 0.3) is 0 Å². The number of hydrogen-bond donors (Lipinski definition) is 1. The molecule has 1 amide bonds. The number of benzene rings is 1. The van der Waals surface area contributed by atoms with Crippen molar-refractivity contribution in [2.75, 3.05) is 0 Å². The normalized spacial score (nSPS) is 18.9. The highest BCUT2D eigenvalue weighted by molar-refractivity contribution is 5.80. The lowest BCUT2D eigenvalue weighted by molar-refractivity contribution is -0.139. The van der Waals surface area contributed by atoms with Crippen molar-refractivity contribution in [3.8, 4) is 0 Å². The summed E-state index contributed by atoms with van der Waals surface area (Å²) in [7, 11) is 0. The Kier molecular flexibility index (Phi) is 3.78. The van der Waals surface area contributed by atoms with E-state index >= 15 is 0 Å². The molecule has 1 aromatic rings. The molecule has 1 aliphatic heterocycles. The molecule has 6 heteroatoms. The fourth-order valence-corrected chi connectivity index (χ4v) is 2.28. The van der Waals surface area contributed by atoms with E-state index in [0.29, 0.717) is 6.42 Å². The first kappa shape index (κ1) is 13.5. The number of amides is 1. The minimum absolute atomic E-state index is 0.0608. The van der Waals surface area contributed by atoms with Crippen molar-refractivity contribution < 1.29 is 23.5 Å². The van der Waals surface area contributed by atoms with Gasteiger partial charge in [-0.2, -0.15) is 0 Å². The van der Waals surface area contributed by atoms with E-state index in [1.807, 2.05) is 0 Å². The third kappa shape index (κ3) is 2.89. The molecule has 0 bridgehead atoms. The van der Waals surface area contributed by atoms with E-state index in [-0.39, 0.29) is 30.9 Å². The van der Waals surface area contributed by atoms with E-state index in [2.05, 4.69) is 0 Å². The zero-order chi connectivity index (χ0) is 14.0. The number of rotatable bonds is 4. The molecule has 0 aliphatic carbocycles. The van der Waals surface area contributed by atoms with Gasteiger partial charge in [0.1, 0.15) is 0 Å². The molecule has 0 radical (unpaired) electrons. The van der Waals surface area contributed by atoms with Crippen LogP contribution in [0.2, 0.25) is 0 Å². The van der Waals surface area contributed by atoms with Gasteiger partial charge < -0.3 is 10.0 Å². The Morgan fingerprint density at radius 2 is 2.16 bits per heavy atom. The molecule has 1 atom stereocenters. The lowest BCUT2D eigenvalue weighted by Crippen LogP contribution is -2.34. The molecule has 1 aliphatic rings. The van der Waals surface area contributed by atoms with E-state index in [9.17, 15) is 18.4 Å². The van der Waals surface area contributed by atoms with Gasteiger partial charge >= 0.3 is 5.97 Å². The second-order valence-electron chi connectivity index (χ2n) is 4.52. The fourth-order valence-electron chi connectivity index (χ4n) is 2.28. The smallest absolute Gasteiger partial charge is 0.305 e. The van der Waals surface area contributed by atoms with Crippen LogP contribution >= 0.6 is 0 Å². The van der Waals surface area contributed by atoms with Crippen molar-refractivity contribution in [3.05, 3.63) is 35.4 Å². The summed E-state index contributed by atoms with van der Waals surface area (Å²) in [4.78, 5) is 23.7. The summed E-state index contributed by atoms with van der Waals surface area (Å²) in [5.41, 5.74) is 0.0608. The van der Waals surface area contributed by atoms with Gasteiger partial charge in [0.2, 0.25) is 5.91 Å². The van der Waals surface area contributed by atoms with Crippen LogP contribution in [0, 0.1) is 11.6 Å². The third-order valence-electron chi connectivity index (χ3n) is 3.24. The summed E-state index contributed by atoms with van der Waals surface area (Å²) < 4.78 is 26.6. The van der Waals surface area contributed by atoms with E-state index in [1.165, 1.54) is 17.0 Å². The zero-order valence-corrected chi connectivity index (χ0v) is 10.1. The van der Waals surface area contributed by atoms with Gasteiger partial charge in [-0.3, -0.25) is 9.59 Å². The van der Waals surface area contributed by atoms with E-state index in [1.54, 1.807) is 0 Å². The first-order chi connectivity index (χ1) is 8.99. The molecule has 1 aromatic carbocycles. The molecule has 1 N–H and O–H groups in total. The highest BCUT2D eigenvalue weighted by atomic mass is 19.2. The van der Waals surface area contributed by atoms with E-state index in [0.717, 1.165) is 6.07 Å². The summed E-state index contributed by atoms with van der Waals surface area (Å²) in [6, 6.07) is 3.30. The van der Waals surface area contributed by atoms with Gasteiger partial charge in [0, 0.05) is 24.6 Å². The standard InChI is InChI=1S/C13H13F2NO3/c14-10-3-1-2-8(13(10)15)7-16-9(6-12(18)19)4-5-11(16)17/h1-3,9H,4-7H2,(H,18,19)/t9-/m1/s1. The van der Waals surface area contributed by atoms with Crippen LogP contribution in [0.3, 0.4) is 0 Å². The van der Waals surface area contributed by atoms with Crippen LogP contribution in [-0.2, 0) is 16.1 Å². The molecule has 19 heavy (non-hydrogen) atoms.